The molecule has 1 aromatic heterocycles. The minimum atomic E-state index is -0.538. The molecule has 0 spiro atoms. The zero-order valence-corrected chi connectivity index (χ0v) is 12.0. The molecule has 1 aliphatic carbocycles. The predicted octanol–water partition coefficient (Wildman–Crippen LogP) is 0.308. The number of aliphatic hydroxyl groups excluding tert-OH is 1. The van der Waals surface area contributed by atoms with Gasteiger partial charge in [0.15, 0.2) is 0 Å². The minimum Gasteiger partial charge on any atom is -0.467 e. The van der Waals surface area contributed by atoms with Crippen molar-refractivity contribution in [3.05, 3.63) is 24.2 Å². The summed E-state index contributed by atoms with van der Waals surface area (Å²) in [5, 5.41) is 14.0. The van der Waals surface area contributed by atoms with Crippen LogP contribution in [0.2, 0.25) is 0 Å². The average Bonchev–Trinajstić information content (AvgIpc) is 2.87. The second-order valence-corrected chi connectivity index (χ2v) is 5.50. The van der Waals surface area contributed by atoms with Crippen LogP contribution in [0.1, 0.15) is 18.6 Å². The maximum absolute atomic E-state index is 11.7. The number of likely N-dealkylation sites (N-methyl/N-ethyl adjacent to an activating group) is 1. The van der Waals surface area contributed by atoms with Gasteiger partial charge in [-0.25, -0.2) is 4.79 Å². The summed E-state index contributed by atoms with van der Waals surface area (Å²) in [5.74, 6) is 0.707. The Morgan fingerprint density at radius 2 is 2.24 bits per heavy atom. The molecule has 116 valence electrons. The highest BCUT2D eigenvalue weighted by molar-refractivity contribution is 5.95. The fourth-order valence-corrected chi connectivity index (χ4v) is 2.39. The molecule has 3 amide bonds. The fraction of sp³-hybridized carbons (Fsp3) is 0.571. The second kappa shape index (κ2) is 7.24. The van der Waals surface area contributed by atoms with Gasteiger partial charge in [0.2, 0.25) is 5.91 Å². The van der Waals surface area contributed by atoms with Gasteiger partial charge in [0.25, 0.3) is 0 Å². The first-order valence-corrected chi connectivity index (χ1v) is 6.99. The van der Waals surface area contributed by atoms with E-state index in [2.05, 4.69) is 10.6 Å². The molecule has 1 aromatic rings. The van der Waals surface area contributed by atoms with Gasteiger partial charge in [0, 0.05) is 6.54 Å². The molecule has 21 heavy (non-hydrogen) atoms. The lowest BCUT2D eigenvalue weighted by atomic mass is 9.82. The zero-order chi connectivity index (χ0) is 15.2. The van der Waals surface area contributed by atoms with Crippen molar-refractivity contribution in [2.24, 2.45) is 5.92 Å². The molecule has 0 bridgehead atoms. The number of carbonyl (C=O) groups excluding carboxylic acids is 2. The number of nitrogens with zero attached hydrogens (tertiary/aromatic N) is 1. The summed E-state index contributed by atoms with van der Waals surface area (Å²) in [4.78, 5) is 25.1. The summed E-state index contributed by atoms with van der Waals surface area (Å²) in [6.45, 7) is 1.14. The highest BCUT2D eigenvalue weighted by Crippen LogP contribution is 2.27. The van der Waals surface area contributed by atoms with E-state index in [1.165, 1.54) is 6.26 Å². The van der Waals surface area contributed by atoms with Crippen molar-refractivity contribution in [2.45, 2.75) is 25.5 Å². The molecule has 1 fully saturated rings. The number of urea groups is 1. The van der Waals surface area contributed by atoms with Gasteiger partial charge in [-0.3, -0.25) is 15.0 Å². The maximum Gasteiger partial charge on any atom is 0.321 e. The Kier molecular flexibility index (Phi) is 5.35. The van der Waals surface area contributed by atoms with Gasteiger partial charge in [-0.2, -0.15) is 0 Å². The van der Waals surface area contributed by atoms with Crippen molar-refractivity contribution in [1.29, 1.82) is 0 Å². The molecule has 1 heterocycles. The minimum absolute atomic E-state index is 0.154. The first kappa shape index (κ1) is 15.5. The van der Waals surface area contributed by atoms with Crippen LogP contribution in [0, 0.1) is 5.92 Å². The van der Waals surface area contributed by atoms with E-state index in [4.69, 9.17) is 4.42 Å². The fourth-order valence-electron chi connectivity index (χ4n) is 2.39. The number of imide groups is 1. The van der Waals surface area contributed by atoms with Crippen LogP contribution in [-0.2, 0) is 11.3 Å². The highest BCUT2D eigenvalue weighted by Gasteiger charge is 2.28. The Bertz CT molecular complexity index is 469. The van der Waals surface area contributed by atoms with Crippen LogP contribution in [0.15, 0.2) is 22.8 Å². The van der Waals surface area contributed by atoms with Crippen molar-refractivity contribution >= 4 is 11.9 Å². The molecule has 0 saturated heterocycles. The topological polar surface area (TPSA) is 94.8 Å². The molecule has 0 aromatic carbocycles. The lowest BCUT2D eigenvalue weighted by molar-refractivity contribution is -0.121. The highest BCUT2D eigenvalue weighted by atomic mass is 16.3. The molecular formula is C14H21N3O4. The summed E-state index contributed by atoms with van der Waals surface area (Å²) in [5.41, 5.74) is 0. The van der Waals surface area contributed by atoms with Gasteiger partial charge >= 0.3 is 6.03 Å². The Morgan fingerprint density at radius 3 is 2.86 bits per heavy atom. The van der Waals surface area contributed by atoms with Gasteiger partial charge in [0.05, 0.1) is 25.5 Å². The molecule has 1 saturated carbocycles. The van der Waals surface area contributed by atoms with E-state index in [-0.39, 0.29) is 25.1 Å². The van der Waals surface area contributed by atoms with Crippen LogP contribution in [0.3, 0.4) is 0 Å². The van der Waals surface area contributed by atoms with E-state index < -0.39 is 6.03 Å². The molecule has 7 nitrogen and oxygen atoms in total. The van der Waals surface area contributed by atoms with Crippen molar-refractivity contribution in [2.75, 3.05) is 20.1 Å². The molecule has 3 N–H and O–H groups in total. The standard InChI is InChI=1S/C14H21N3O4/c1-17(8-10-5-11(18)6-10)9-13(19)16-14(20)15-7-12-3-2-4-21-12/h2-4,10-11,18H,5-9H2,1H3,(H2,15,16,19,20). The van der Waals surface area contributed by atoms with E-state index >= 15 is 0 Å². The van der Waals surface area contributed by atoms with Crippen molar-refractivity contribution < 1.29 is 19.1 Å². The van der Waals surface area contributed by atoms with Gasteiger partial charge in [-0.05, 0) is 37.9 Å². The van der Waals surface area contributed by atoms with E-state index in [1.807, 2.05) is 11.9 Å². The number of amides is 3. The van der Waals surface area contributed by atoms with Crippen molar-refractivity contribution in [1.82, 2.24) is 15.5 Å². The van der Waals surface area contributed by atoms with Crippen molar-refractivity contribution in [3.8, 4) is 0 Å². The first-order chi connectivity index (χ1) is 10.0. The average molecular weight is 295 g/mol. The maximum atomic E-state index is 11.7. The van der Waals surface area contributed by atoms with Crippen LogP contribution >= 0.6 is 0 Å². The Labute approximate surface area is 123 Å². The lowest BCUT2D eigenvalue weighted by Gasteiger charge is -2.34. The van der Waals surface area contributed by atoms with E-state index in [0.717, 1.165) is 19.4 Å². The largest absolute Gasteiger partial charge is 0.467 e. The molecule has 1 aliphatic rings. The van der Waals surface area contributed by atoms with Crippen LogP contribution in [-0.4, -0.2) is 48.2 Å². The molecule has 2 rings (SSSR count). The molecule has 0 atom stereocenters. The summed E-state index contributed by atoms with van der Waals surface area (Å²) in [6, 6.07) is 2.93. The van der Waals surface area contributed by atoms with Gasteiger partial charge in [-0.1, -0.05) is 0 Å². The summed E-state index contributed by atoms with van der Waals surface area (Å²) < 4.78 is 5.07. The van der Waals surface area contributed by atoms with Crippen LogP contribution in [0.25, 0.3) is 0 Å². The number of rotatable bonds is 6. The molecule has 0 aliphatic heterocycles. The zero-order valence-electron chi connectivity index (χ0n) is 12.0. The summed E-state index contributed by atoms with van der Waals surface area (Å²) in [7, 11) is 1.82. The van der Waals surface area contributed by atoms with E-state index in [0.29, 0.717) is 11.7 Å². The van der Waals surface area contributed by atoms with Gasteiger partial charge < -0.3 is 14.8 Å². The third-order valence-electron chi connectivity index (χ3n) is 3.45. The smallest absolute Gasteiger partial charge is 0.321 e. The Hall–Kier alpha value is -1.86. The van der Waals surface area contributed by atoms with Crippen LogP contribution < -0.4 is 10.6 Å². The second-order valence-electron chi connectivity index (χ2n) is 5.50. The van der Waals surface area contributed by atoms with Gasteiger partial charge in [-0.15, -0.1) is 0 Å². The third kappa shape index (κ3) is 5.20. The van der Waals surface area contributed by atoms with E-state index in [1.54, 1.807) is 12.1 Å². The summed E-state index contributed by atoms with van der Waals surface area (Å²) in [6.07, 6.45) is 2.90. The lowest BCUT2D eigenvalue weighted by Crippen LogP contribution is -2.45. The Balaban J connectivity index is 1.60. The molecule has 0 radical (unpaired) electrons. The number of nitrogens with one attached hydrogen (secondary N) is 2. The predicted molar refractivity (Wildman–Crippen MR) is 75.3 cm³/mol. The van der Waals surface area contributed by atoms with Crippen LogP contribution in [0.5, 0.6) is 0 Å². The number of carbonyl (C=O) groups is 2. The van der Waals surface area contributed by atoms with E-state index in [9.17, 15) is 14.7 Å². The monoisotopic (exact) mass is 295 g/mol. The van der Waals surface area contributed by atoms with Gasteiger partial charge in [0.1, 0.15) is 5.76 Å². The number of hydrogen-bond acceptors (Lipinski definition) is 5. The van der Waals surface area contributed by atoms with Crippen molar-refractivity contribution in [3.63, 3.8) is 0 Å². The normalized spacial score (nSPS) is 20.9. The number of furan rings is 1. The first-order valence-electron chi connectivity index (χ1n) is 6.99. The summed E-state index contributed by atoms with van der Waals surface area (Å²) >= 11 is 0. The third-order valence-corrected chi connectivity index (χ3v) is 3.45. The molecule has 7 heteroatoms. The number of aliphatic hydroxyl groups is 1. The molecule has 0 unspecified atom stereocenters. The van der Waals surface area contributed by atoms with Crippen LogP contribution in [0.4, 0.5) is 4.79 Å². The SMILES string of the molecule is CN(CC(=O)NC(=O)NCc1ccco1)CC1CC(O)C1. The quantitative estimate of drug-likeness (QED) is 0.702. The Morgan fingerprint density at radius 1 is 1.48 bits per heavy atom. The number of hydrogen-bond donors (Lipinski definition) is 3. The molecular weight excluding hydrogens is 274 g/mol.